The van der Waals surface area contributed by atoms with E-state index in [1.54, 1.807) is 17.0 Å². The van der Waals surface area contributed by atoms with Crippen LogP contribution in [0, 0.1) is 6.92 Å². The van der Waals surface area contributed by atoms with Gasteiger partial charge in [-0.3, -0.25) is 9.59 Å². The molecule has 0 spiro atoms. The lowest BCUT2D eigenvalue weighted by Crippen LogP contribution is -2.32. The van der Waals surface area contributed by atoms with E-state index in [9.17, 15) is 9.59 Å². The Balaban J connectivity index is 2.07. The quantitative estimate of drug-likeness (QED) is 0.739. The Bertz CT molecular complexity index is 821. The Kier molecular flexibility index (Phi) is 7.25. The van der Waals surface area contributed by atoms with Gasteiger partial charge in [0, 0.05) is 30.6 Å². The van der Waals surface area contributed by atoms with Gasteiger partial charge in [-0.2, -0.15) is 0 Å². The first-order valence-electron chi connectivity index (χ1n) is 8.87. The normalized spacial score (nSPS) is 10.6. The van der Waals surface area contributed by atoms with Gasteiger partial charge >= 0.3 is 0 Å². The lowest BCUT2D eigenvalue weighted by molar-refractivity contribution is -0.117. The van der Waals surface area contributed by atoms with Gasteiger partial charge in [0.25, 0.3) is 0 Å². The fourth-order valence-corrected chi connectivity index (χ4v) is 2.77. The number of ether oxygens (including phenoxy) is 1. The number of aryl methyl sites for hydroxylation is 1. The maximum atomic E-state index is 12.3. The smallest absolute Gasteiger partial charge is 0.226 e. The van der Waals surface area contributed by atoms with Gasteiger partial charge in [0.05, 0.1) is 11.8 Å². The minimum Gasteiger partial charge on any atom is -0.489 e. The largest absolute Gasteiger partial charge is 0.489 e. The van der Waals surface area contributed by atoms with E-state index < -0.39 is 0 Å². The lowest BCUT2D eigenvalue weighted by atomic mass is 10.2. The summed E-state index contributed by atoms with van der Waals surface area (Å²) in [5, 5.41) is 3.41. The van der Waals surface area contributed by atoms with Crippen LogP contribution in [-0.4, -0.2) is 24.5 Å². The lowest BCUT2D eigenvalue weighted by Gasteiger charge is -2.24. The molecule has 1 N–H and O–H groups in total. The maximum absolute atomic E-state index is 12.3. The van der Waals surface area contributed by atoms with Gasteiger partial charge in [-0.25, -0.2) is 0 Å². The van der Waals surface area contributed by atoms with Gasteiger partial charge in [0.15, 0.2) is 0 Å². The fraction of sp³-hybridized carbons (Fsp3) is 0.333. The molecule has 0 heterocycles. The first-order chi connectivity index (χ1) is 12.8. The molecule has 0 saturated heterocycles. The molecule has 0 aliphatic carbocycles. The molecule has 0 aromatic heterocycles. The molecule has 0 aliphatic rings. The molecule has 2 aromatic carbocycles. The number of rotatable bonds is 7. The summed E-state index contributed by atoms with van der Waals surface area (Å²) < 4.78 is 5.79. The Hall–Kier alpha value is -2.53. The average molecular weight is 389 g/mol. The van der Waals surface area contributed by atoms with Crippen LogP contribution >= 0.6 is 11.6 Å². The van der Waals surface area contributed by atoms with E-state index in [1.165, 1.54) is 6.92 Å². The number of nitrogens with zero attached hydrogens (tertiary/aromatic N) is 1. The zero-order chi connectivity index (χ0) is 20.0. The van der Waals surface area contributed by atoms with E-state index in [4.69, 9.17) is 16.3 Å². The van der Waals surface area contributed by atoms with Gasteiger partial charge in [-0.1, -0.05) is 29.8 Å². The molecule has 0 aliphatic heterocycles. The topological polar surface area (TPSA) is 58.6 Å². The van der Waals surface area contributed by atoms with Crippen LogP contribution in [-0.2, 0) is 9.59 Å². The van der Waals surface area contributed by atoms with Crippen molar-refractivity contribution in [3.05, 3.63) is 53.1 Å². The second kappa shape index (κ2) is 9.42. The zero-order valence-electron chi connectivity index (χ0n) is 16.1. The van der Waals surface area contributed by atoms with Crippen molar-refractivity contribution >= 4 is 34.8 Å². The number of nitrogens with one attached hydrogen (secondary N) is 1. The minimum absolute atomic E-state index is 0.0189. The van der Waals surface area contributed by atoms with Crippen LogP contribution in [0.15, 0.2) is 42.5 Å². The number of amides is 2. The predicted molar refractivity (Wildman–Crippen MR) is 110 cm³/mol. The first kappa shape index (κ1) is 20.8. The van der Waals surface area contributed by atoms with Crippen LogP contribution in [0.25, 0.3) is 0 Å². The summed E-state index contributed by atoms with van der Waals surface area (Å²) in [5.41, 5.74) is 2.23. The molecule has 2 amide bonds. The van der Waals surface area contributed by atoms with Crippen LogP contribution in [0.5, 0.6) is 5.75 Å². The molecule has 27 heavy (non-hydrogen) atoms. The van der Waals surface area contributed by atoms with E-state index in [0.717, 1.165) is 5.56 Å². The summed E-state index contributed by atoms with van der Waals surface area (Å²) in [5.74, 6) is 0.276. The second-order valence-electron chi connectivity index (χ2n) is 6.57. The average Bonchev–Trinajstić information content (AvgIpc) is 2.59. The summed E-state index contributed by atoms with van der Waals surface area (Å²) in [4.78, 5) is 26.0. The molecule has 2 rings (SSSR count). The number of hydrogen-bond acceptors (Lipinski definition) is 3. The minimum atomic E-state index is -0.191. The molecular weight excluding hydrogens is 364 g/mol. The van der Waals surface area contributed by atoms with Crippen LogP contribution in [0.3, 0.4) is 0 Å². The Morgan fingerprint density at radius 3 is 2.52 bits per heavy atom. The van der Waals surface area contributed by atoms with E-state index in [0.29, 0.717) is 22.1 Å². The van der Waals surface area contributed by atoms with Gasteiger partial charge < -0.3 is 15.0 Å². The van der Waals surface area contributed by atoms with Crippen molar-refractivity contribution in [2.24, 2.45) is 0 Å². The molecule has 0 fully saturated rings. The summed E-state index contributed by atoms with van der Waals surface area (Å²) >= 11 is 6.09. The summed E-state index contributed by atoms with van der Waals surface area (Å²) in [6, 6.07) is 12.7. The zero-order valence-corrected chi connectivity index (χ0v) is 16.8. The molecule has 0 unspecified atom stereocenters. The molecule has 5 nitrogen and oxygen atoms in total. The highest BCUT2D eigenvalue weighted by atomic mass is 35.5. The van der Waals surface area contributed by atoms with Gasteiger partial charge in [0.1, 0.15) is 5.75 Å². The molecule has 0 bridgehead atoms. The summed E-state index contributed by atoms with van der Waals surface area (Å²) in [6.07, 6.45) is 0.135. The van der Waals surface area contributed by atoms with Crippen LogP contribution in [0.4, 0.5) is 11.4 Å². The van der Waals surface area contributed by atoms with Crippen LogP contribution in [0.2, 0.25) is 5.02 Å². The molecule has 0 radical (unpaired) electrons. The second-order valence-corrected chi connectivity index (χ2v) is 6.97. The third-order valence-corrected chi connectivity index (χ3v) is 4.32. The molecule has 6 heteroatoms. The third-order valence-electron chi connectivity index (χ3n) is 3.92. The molecule has 2 aromatic rings. The van der Waals surface area contributed by atoms with Crippen LogP contribution in [0.1, 0.15) is 32.8 Å². The number of halogens is 1. The molecule has 144 valence electrons. The van der Waals surface area contributed by atoms with E-state index in [1.807, 2.05) is 51.1 Å². The van der Waals surface area contributed by atoms with E-state index in [-0.39, 0.29) is 30.9 Å². The summed E-state index contributed by atoms with van der Waals surface area (Å²) in [6.45, 7) is 7.47. The number of carbonyl (C=O) groups is 2. The monoisotopic (exact) mass is 388 g/mol. The standard InChI is InChI=1S/C21H25ClN2O3/c1-14(2)27-20-8-6-5-7-19(20)24(16(4)25)12-11-21(26)23-17-10-9-15(3)18(22)13-17/h5-10,13-14H,11-12H2,1-4H3,(H,23,26). The SMILES string of the molecule is CC(=O)N(CCC(=O)Nc1ccc(C)c(Cl)c1)c1ccccc1OC(C)C. The molecular formula is C21H25ClN2O3. The van der Waals surface area contributed by atoms with Crippen molar-refractivity contribution in [2.45, 2.75) is 40.2 Å². The van der Waals surface area contributed by atoms with Gasteiger partial charge in [0.2, 0.25) is 11.8 Å². The number of anilines is 2. The predicted octanol–water partition coefficient (Wildman–Crippen LogP) is 4.82. The number of benzene rings is 2. The van der Waals surface area contributed by atoms with Gasteiger partial charge in [-0.15, -0.1) is 0 Å². The molecule has 0 atom stereocenters. The summed E-state index contributed by atoms with van der Waals surface area (Å²) in [7, 11) is 0. The van der Waals surface area contributed by atoms with Crippen molar-refractivity contribution in [2.75, 3.05) is 16.8 Å². The Morgan fingerprint density at radius 1 is 1.19 bits per heavy atom. The highest BCUT2D eigenvalue weighted by Crippen LogP contribution is 2.29. The maximum Gasteiger partial charge on any atom is 0.226 e. The van der Waals surface area contributed by atoms with E-state index >= 15 is 0 Å². The van der Waals surface area contributed by atoms with Crippen molar-refractivity contribution in [1.29, 1.82) is 0 Å². The molecule has 0 saturated carbocycles. The third kappa shape index (κ3) is 6.00. The fourth-order valence-electron chi connectivity index (χ4n) is 2.59. The Labute approximate surface area is 165 Å². The first-order valence-corrected chi connectivity index (χ1v) is 9.25. The van der Waals surface area contributed by atoms with Crippen molar-refractivity contribution in [3.63, 3.8) is 0 Å². The number of para-hydroxylation sites is 2. The van der Waals surface area contributed by atoms with Crippen molar-refractivity contribution in [3.8, 4) is 5.75 Å². The highest BCUT2D eigenvalue weighted by molar-refractivity contribution is 6.31. The number of carbonyl (C=O) groups excluding carboxylic acids is 2. The highest BCUT2D eigenvalue weighted by Gasteiger charge is 2.18. The van der Waals surface area contributed by atoms with E-state index in [2.05, 4.69) is 5.32 Å². The van der Waals surface area contributed by atoms with Gasteiger partial charge in [-0.05, 0) is 50.6 Å². The van der Waals surface area contributed by atoms with Crippen molar-refractivity contribution in [1.82, 2.24) is 0 Å². The van der Waals surface area contributed by atoms with Crippen LogP contribution < -0.4 is 15.0 Å². The Morgan fingerprint density at radius 2 is 1.89 bits per heavy atom. The van der Waals surface area contributed by atoms with Crippen molar-refractivity contribution < 1.29 is 14.3 Å². The number of hydrogen-bond donors (Lipinski definition) is 1.